The maximum Gasteiger partial charge on any atom is 0.251 e. The van der Waals surface area contributed by atoms with E-state index in [2.05, 4.69) is 44.8 Å². The molecule has 0 unspecified atom stereocenters. The van der Waals surface area contributed by atoms with Crippen molar-refractivity contribution < 1.29 is 4.79 Å². The van der Waals surface area contributed by atoms with Crippen molar-refractivity contribution in [2.45, 2.75) is 77.2 Å². The van der Waals surface area contributed by atoms with Gasteiger partial charge in [-0.05, 0) is 133 Å². The van der Waals surface area contributed by atoms with E-state index in [1.165, 1.54) is 100 Å². The van der Waals surface area contributed by atoms with Crippen molar-refractivity contribution in [3.8, 4) is 5.69 Å². The van der Waals surface area contributed by atoms with E-state index in [0.29, 0.717) is 0 Å². The van der Waals surface area contributed by atoms with Gasteiger partial charge in [-0.1, -0.05) is 6.42 Å². The number of nitrogens with one attached hydrogen (secondary N) is 1. The topological polar surface area (TPSA) is 40.5 Å². The van der Waals surface area contributed by atoms with Crippen LogP contribution in [0.25, 0.3) is 5.69 Å². The van der Waals surface area contributed by atoms with Gasteiger partial charge in [-0.2, -0.15) is 0 Å². The molecular weight excluding hydrogens is 420 g/mol. The monoisotopic (exact) mass is 462 g/mol. The molecule has 1 aromatic carbocycles. The zero-order chi connectivity index (χ0) is 23.3. The van der Waals surface area contributed by atoms with Crippen molar-refractivity contribution in [1.82, 2.24) is 19.7 Å². The molecule has 2 aliphatic heterocycles. The molecule has 0 bridgehead atoms. The number of likely N-dealkylation sites (tertiary alicyclic amines) is 2. The van der Waals surface area contributed by atoms with Gasteiger partial charge in [0, 0.05) is 35.2 Å². The average molecular weight is 463 g/mol. The second kappa shape index (κ2) is 11.1. The van der Waals surface area contributed by atoms with Crippen LogP contribution in [0.5, 0.6) is 0 Å². The van der Waals surface area contributed by atoms with E-state index in [9.17, 15) is 4.79 Å². The van der Waals surface area contributed by atoms with Gasteiger partial charge in [0.1, 0.15) is 0 Å². The molecule has 0 atom stereocenters. The number of amides is 1. The molecule has 1 N–H and O–H groups in total. The highest BCUT2D eigenvalue weighted by molar-refractivity contribution is 5.94. The number of benzene rings is 1. The van der Waals surface area contributed by atoms with Crippen LogP contribution in [0, 0.1) is 6.92 Å². The molecule has 0 saturated carbocycles. The SMILES string of the molecule is Cc1cc2c(n1-c1ccc(C(=O)NCCCN3CCC(N4CCCCC4)CC3)cc1)CCCC2. The number of hydrogen-bond donors (Lipinski definition) is 1. The van der Waals surface area contributed by atoms with Gasteiger partial charge in [0.2, 0.25) is 0 Å². The summed E-state index contributed by atoms with van der Waals surface area (Å²) in [7, 11) is 0. The fraction of sp³-hybridized carbons (Fsp3) is 0.621. The summed E-state index contributed by atoms with van der Waals surface area (Å²) in [4.78, 5) is 18.0. The lowest BCUT2D eigenvalue weighted by atomic mass is 9.98. The van der Waals surface area contributed by atoms with E-state index in [4.69, 9.17) is 0 Å². The van der Waals surface area contributed by atoms with Crippen molar-refractivity contribution >= 4 is 5.91 Å². The summed E-state index contributed by atoms with van der Waals surface area (Å²) in [6, 6.07) is 11.3. The summed E-state index contributed by atoms with van der Waals surface area (Å²) in [5, 5.41) is 3.13. The first-order valence-corrected chi connectivity index (χ1v) is 13.7. The summed E-state index contributed by atoms with van der Waals surface area (Å²) in [6.07, 6.45) is 12.7. The minimum atomic E-state index is 0.0432. The van der Waals surface area contributed by atoms with E-state index >= 15 is 0 Å². The molecule has 0 spiro atoms. The zero-order valence-corrected chi connectivity index (χ0v) is 21.0. The van der Waals surface area contributed by atoms with E-state index in [1.54, 1.807) is 0 Å². The first kappa shape index (κ1) is 23.6. The minimum Gasteiger partial charge on any atom is -0.352 e. The number of piperidine rings is 2. The molecule has 0 radical (unpaired) electrons. The maximum atomic E-state index is 12.7. The number of aryl methyl sites for hydroxylation is 2. The van der Waals surface area contributed by atoms with Crippen LogP contribution in [0.3, 0.4) is 0 Å². The number of carbonyl (C=O) groups excluding carboxylic acids is 1. The van der Waals surface area contributed by atoms with E-state index < -0.39 is 0 Å². The molecule has 34 heavy (non-hydrogen) atoms. The quantitative estimate of drug-likeness (QED) is 0.605. The number of hydrogen-bond acceptors (Lipinski definition) is 3. The first-order valence-electron chi connectivity index (χ1n) is 13.7. The second-order valence-corrected chi connectivity index (χ2v) is 10.6. The standard InChI is InChI=1S/C29H42N4O/c1-23-22-25-8-3-4-9-28(25)33(23)27-12-10-24(11-13-27)29(34)30-16-7-17-31-20-14-26(15-21-31)32-18-5-2-6-19-32/h10-13,22,26H,2-9,14-21H2,1H3,(H,30,34). The third-order valence-electron chi connectivity index (χ3n) is 8.27. The van der Waals surface area contributed by atoms with Crippen molar-refractivity contribution in [3.63, 3.8) is 0 Å². The van der Waals surface area contributed by atoms with E-state index in [-0.39, 0.29) is 5.91 Å². The van der Waals surface area contributed by atoms with Crippen LogP contribution in [-0.4, -0.2) is 65.6 Å². The largest absolute Gasteiger partial charge is 0.352 e. The van der Waals surface area contributed by atoms with E-state index in [0.717, 1.165) is 37.5 Å². The van der Waals surface area contributed by atoms with Crippen LogP contribution < -0.4 is 5.32 Å². The molecule has 1 aliphatic carbocycles. The lowest BCUT2D eigenvalue weighted by molar-refractivity contribution is 0.0903. The number of fused-ring (bicyclic) bond motifs is 1. The molecular formula is C29H42N4O. The Hall–Kier alpha value is -2.11. The molecule has 2 fully saturated rings. The lowest BCUT2D eigenvalue weighted by Crippen LogP contribution is -2.47. The summed E-state index contributed by atoms with van der Waals surface area (Å²) < 4.78 is 2.38. The minimum absolute atomic E-state index is 0.0432. The van der Waals surface area contributed by atoms with Gasteiger partial charge >= 0.3 is 0 Å². The van der Waals surface area contributed by atoms with Crippen molar-refractivity contribution in [2.75, 3.05) is 39.3 Å². The second-order valence-electron chi connectivity index (χ2n) is 10.6. The lowest BCUT2D eigenvalue weighted by Gasteiger charge is -2.40. The Bertz CT molecular complexity index is 949. The Morgan fingerprint density at radius 2 is 1.68 bits per heavy atom. The molecule has 2 saturated heterocycles. The smallest absolute Gasteiger partial charge is 0.251 e. The van der Waals surface area contributed by atoms with Crippen molar-refractivity contribution in [3.05, 3.63) is 52.8 Å². The zero-order valence-electron chi connectivity index (χ0n) is 21.0. The number of carbonyl (C=O) groups is 1. The van der Waals surface area contributed by atoms with Crippen LogP contribution in [0.4, 0.5) is 0 Å². The molecule has 5 rings (SSSR count). The van der Waals surface area contributed by atoms with Gasteiger partial charge in [-0.15, -0.1) is 0 Å². The Morgan fingerprint density at radius 1 is 0.941 bits per heavy atom. The van der Waals surface area contributed by atoms with E-state index in [1.807, 2.05) is 12.1 Å². The molecule has 3 heterocycles. The normalized spacial score (nSPS) is 20.3. The highest BCUT2D eigenvalue weighted by Gasteiger charge is 2.25. The fourth-order valence-electron chi connectivity index (χ4n) is 6.37. The van der Waals surface area contributed by atoms with Crippen LogP contribution in [0.1, 0.15) is 78.7 Å². The molecule has 1 amide bonds. The summed E-state index contributed by atoms with van der Waals surface area (Å²) in [5.74, 6) is 0.0432. The highest BCUT2D eigenvalue weighted by atomic mass is 16.1. The average Bonchev–Trinajstić information content (AvgIpc) is 3.23. The molecule has 3 aliphatic rings. The fourth-order valence-corrected chi connectivity index (χ4v) is 6.37. The number of aromatic nitrogens is 1. The molecule has 184 valence electrons. The van der Waals surface area contributed by atoms with Crippen molar-refractivity contribution in [2.24, 2.45) is 0 Å². The predicted octanol–water partition coefficient (Wildman–Crippen LogP) is 4.73. The number of rotatable bonds is 7. The van der Waals surface area contributed by atoms with Gasteiger partial charge in [0.15, 0.2) is 0 Å². The van der Waals surface area contributed by atoms with Crippen LogP contribution >= 0.6 is 0 Å². The van der Waals surface area contributed by atoms with Gasteiger partial charge in [-0.25, -0.2) is 0 Å². The summed E-state index contributed by atoms with van der Waals surface area (Å²) >= 11 is 0. The predicted molar refractivity (Wildman–Crippen MR) is 139 cm³/mol. The third-order valence-corrected chi connectivity index (χ3v) is 8.27. The Morgan fingerprint density at radius 3 is 2.44 bits per heavy atom. The number of nitrogens with zero attached hydrogens (tertiary/aromatic N) is 3. The Kier molecular flexibility index (Phi) is 7.70. The van der Waals surface area contributed by atoms with Crippen LogP contribution in [-0.2, 0) is 12.8 Å². The summed E-state index contributed by atoms with van der Waals surface area (Å²) in [6.45, 7) is 9.06. The van der Waals surface area contributed by atoms with Gasteiger partial charge in [-0.3, -0.25) is 4.79 Å². The van der Waals surface area contributed by atoms with Crippen LogP contribution in [0.2, 0.25) is 0 Å². The molecule has 2 aromatic rings. The Labute approximate surface area is 205 Å². The maximum absolute atomic E-state index is 12.7. The molecule has 5 heteroatoms. The van der Waals surface area contributed by atoms with Crippen molar-refractivity contribution in [1.29, 1.82) is 0 Å². The Balaban J connectivity index is 1.05. The van der Waals surface area contributed by atoms with Gasteiger partial charge < -0.3 is 19.7 Å². The molecule has 1 aromatic heterocycles. The van der Waals surface area contributed by atoms with Gasteiger partial charge in [0.25, 0.3) is 5.91 Å². The highest BCUT2D eigenvalue weighted by Crippen LogP contribution is 2.28. The summed E-state index contributed by atoms with van der Waals surface area (Å²) in [5.41, 5.74) is 6.18. The third kappa shape index (κ3) is 5.41. The first-order chi connectivity index (χ1) is 16.7. The van der Waals surface area contributed by atoms with Crippen LogP contribution in [0.15, 0.2) is 30.3 Å². The molecule has 5 nitrogen and oxygen atoms in total. The van der Waals surface area contributed by atoms with Gasteiger partial charge in [0.05, 0.1) is 0 Å².